The van der Waals surface area contributed by atoms with Crippen LogP contribution in [-0.4, -0.2) is 57.8 Å². The summed E-state index contributed by atoms with van der Waals surface area (Å²) >= 11 is 0. The van der Waals surface area contributed by atoms with E-state index in [0.29, 0.717) is 0 Å². The van der Waals surface area contributed by atoms with Crippen LogP contribution in [0.3, 0.4) is 0 Å². The first-order chi connectivity index (χ1) is 8.84. The Morgan fingerprint density at radius 3 is 2.63 bits per heavy atom. The molecule has 104 valence electrons. The van der Waals surface area contributed by atoms with Gasteiger partial charge in [-0.25, -0.2) is 13.2 Å². The van der Waals surface area contributed by atoms with Gasteiger partial charge < -0.3 is 10.2 Å². The first kappa shape index (κ1) is 12.6. The molecule has 1 aliphatic carbocycles. The van der Waals surface area contributed by atoms with Gasteiger partial charge >= 0.3 is 5.97 Å². The Morgan fingerprint density at radius 1 is 1.47 bits per heavy atom. The van der Waals surface area contributed by atoms with Crippen molar-refractivity contribution >= 4 is 16.0 Å². The van der Waals surface area contributed by atoms with Gasteiger partial charge in [0.05, 0.1) is 11.8 Å². The molecule has 3 N–H and O–H groups in total. The summed E-state index contributed by atoms with van der Waals surface area (Å²) in [4.78, 5) is 10.9. The lowest BCUT2D eigenvalue weighted by Gasteiger charge is -2.45. The van der Waals surface area contributed by atoms with Crippen LogP contribution in [0.5, 0.6) is 0 Å². The monoisotopic (exact) mass is 287 g/mol. The first-order valence-electron chi connectivity index (χ1n) is 5.84. The highest BCUT2D eigenvalue weighted by Gasteiger charge is 2.55. The van der Waals surface area contributed by atoms with E-state index in [9.17, 15) is 18.3 Å². The molecule has 1 aromatic rings. The topological polar surface area (TPSA) is 124 Å². The number of nitrogens with one attached hydrogen (secondary N) is 1. The van der Waals surface area contributed by atoms with Crippen molar-refractivity contribution in [2.75, 3.05) is 13.1 Å². The Kier molecular flexibility index (Phi) is 2.50. The van der Waals surface area contributed by atoms with Crippen molar-refractivity contribution in [2.45, 2.75) is 23.5 Å². The minimum atomic E-state index is -3.94. The standard InChI is InChI=1S/C10H13N3O5S/c14-9(15)7-3-11-12-8(7)19(17,18)13-4-10(16,5-13)6-1-2-6/h3,6,16H,1-2,4-5H2,(H,11,12)(H,14,15). The van der Waals surface area contributed by atoms with Gasteiger partial charge in [0.25, 0.3) is 10.0 Å². The molecule has 0 radical (unpaired) electrons. The predicted molar refractivity (Wildman–Crippen MR) is 62.0 cm³/mol. The minimum Gasteiger partial charge on any atom is -0.478 e. The Balaban J connectivity index is 1.84. The van der Waals surface area contributed by atoms with Gasteiger partial charge in [-0.15, -0.1) is 0 Å². The fourth-order valence-corrected chi connectivity index (χ4v) is 4.00. The molecule has 0 aromatic carbocycles. The summed E-state index contributed by atoms with van der Waals surface area (Å²) in [6, 6.07) is 0. The molecule has 2 fully saturated rings. The number of aromatic carboxylic acids is 1. The van der Waals surface area contributed by atoms with Crippen LogP contribution in [0, 0.1) is 5.92 Å². The molecule has 0 atom stereocenters. The molecule has 1 aliphatic heterocycles. The van der Waals surface area contributed by atoms with Crippen molar-refractivity contribution in [3.8, 4) is 0 Å². The minimum absolute atomic E-state index is 0.0120. The molecule has 0 amide bonds. The number of aromatic nitrogens is 2. The highest BCUT2D eigenvalue weighted by atomic mass is 32.2. The quantitative estimate of drug-likeness (QED) is 0.669. The molecule has 2 heterocycles. The number of aliphatic hydroxyl groups is 1. The lowest BCUT2D eigenvalue weighted by molar-refractivity contribution is -0.0765. The highest BCUT2D eigenvalue weighted by Crippen LogP contribution is 2.45. The van der Waals surface area contributed by atoms with E-state index < -0.39 is 26.6 Å². The Labute approximate surface area is 109 Å². The van der Waals surface area contributed by atoms with Crippen molar-refractivity contribution in [2.24, 2.45) is 5.92 Å². The van der Waals surface area contributed by atoms with Gasteiger partial charge in [0.15, 0.2) is 5.03 Å². The van der Waals surface area contributed by atoms with Crippen LogP contribution in [0.4, 0.5) is 0 Å². The number of carboxylic acid groups (broad SMARTS) is 1. The fourth-order valence-electron chi connectivity index (χ4n) is 2.37. The number of rotatable bonds is 4. The molecule has 0 unspecified atom stereocenters. The molecule has 1 aromatic heterocycles. The van der Waals surface area contributed by atoms with E-state index in [1.54, 1.807) is 0 Å². The van der Waals surface area contributed by atoms with Crippen LogP contribution in [0.2, 0.25) is 0 Å². The molecule has 2 aliphatic rings. The maximum atomic E-state index is 12.2. The molecular weight excluding hydrogens is 274 g/mol. The first-order valence-corrected chi connectivity index (χ1v) is 7.28. The molecule has 0 spiro atoms. The zero-order valence-electron chi connectivity index (χ0n) is 9.90. The Bertz CT molecular complexity index is 627. The van der Waals surface area contributed by atoms with Crippen LogP contribution >= 0.6 is 0 Å². The third-order valence-corrected chi connectivity index (χ3v) is 5.44. The molecule has 3 rings (SSSR count). The number of hydrogen-bond acceptors (Lipinski definition) is 5. The third kappa shape index (κ3) is 1.85. The van der Waals surface area contributed by atoms with Crippen LogP contribution in [0.1, 0.15) is 23.2 Å². The summed E-state index contributed by atoms with van der Waals surface area (Å²) in [5, 5.41) is 24.2. The van der Waals surface area contributed by atoms with E-state index in [2.05, 4.69) is 10.2 Å². The number of carboxylic acids is 1. The maximum Gasteiger partial charge on any atom is 0.340 e. The van der Waals surface area contributed by atoms with Gasteiger partial charge in [0.1, 0.15) is 5.56 Å². The number of H-pyrrole nitrogens is 1. The van der Waals surface area contributed by atoms with Crippen LogP contribution < -0.4 is 0 Å². The average Bonchev–Trinajstić information content (AvgIpc) is 3.01. The lowest BCUT2D eigenvalue weighted by atomic mass is 9.91. The zero-order chi connectivity index (χ0) is 13.8. The Morgan fingerprint density at radius 2 is 2.11 bits per heavy atom. The molecule has 8 nitrogen and oxygen atoms in total. The second-order valence-corrected chi connectivity index (χ2v) is 6.94. The smallest absolute Gasteiger partial charge is 0.340 e. The SMILES string of the molecule is O=C(O)c1cn[nH]c1S(=O)(=O)N1CC(O)(C2CC2)C1. The largest absolute Gasteiger partial charge is 0.478 e. The third-order valence-electron chi connectivity index (χ3n) is 3.67. The molecule has 1 saturated carbocycles. The number of β-amino-alcohol motifs (C(OH)–C–C–N with tert-alkyl or cyclic N) is 1. The van der Waals surface area contributed by atoms with E-state index in [0.717, 1.165) is 23.3 Å². The normalized spacial score (nSPS) is 23.0. The summed E-state index contributed by atoms with van der Waals surface area (Å²) < 4.78 is 25.5. The van der Waals surface area contributed by atoms with Crippen molar-refractivity contribution in [3.63, 3.8) is 0 Å². The zero-order valence-corrected chi connectivity index (χ0v) is 10.7. The number of aromatic amines is 1. The van der Waals surface area contributed by atoms with Gasteiger partial charge in [-0.1, -0.05) is 0 Å². The van der Waals surface area contributed by atoms with Gasteiger partial charge in [0, 0.05) is 13.1 Å². The second-order valence-electron chi connectivity index (χ2n) is 5.07. The van der Waals surface area contributed by atoms with Crippen molar-refractivity contribution in [1.29, 1.82) is 0 Å². The molecular formula is C10H13N3O5S. The molecule has 1 saturated heterocycles. The molecule has 9 heteroatoms. The lowest BCUT2D eigenvalue weighted by Crippen LogP contribution is -2.64. The van der Waals surface area contributed by atoms with Crippen LogP contribution in [0.25, 0.3) is 0 Å². The van der Waals surface area contributed by atoms with Crippen LogP contribution in [-0.2, 0) is 10.0 Å². The van der Waals surface area contributed by atoms with E-state index in [-0.39, 0.29) is 24.6 Å². The molecule has 19 heavy (non-hydrogen) atoms. The predicted octanol–water partition coefficient (Wildman–Crippen LogP) is -0.747. The van der Waals surface area contributed by atoms with Crippen LogP contribution in [0.15, 0.2) is 11.2 Å². The Hall–Kier alpha value is -1.45. The van der Waals surface area contributed by atoms with Gasteiger partial charge in [-0.2, -0.15) is 9.40 Å². The van der Waals surface area contributed by atoms with E-state index >= 15 is 0 Å². The molecule has 0 bridgehead atoms. The van der Waals surface area contributed by atoms with Crippen molar-refractivity contribution in [3.05, 3.63) is 11.8 Å². The van der Waals surface area contributed by atoms with Gasteiger partial charge in [0.2, 0.25) is 0 Å². The number of carbonyl (C=O) groups is 1. The highest BCUT2D eigenvalue weighted by molar-refractivity contribution is 7.89. The van der Waals surface area contributed by atoms with Gasteiger partial charge in [-0.3, -0.25) is 5.10 Å². The van der Waals surface area contributed by atoms with Crippen molar-refractivity contribution in [1.82, 2.24) is 14.5 Å². The second kappa shape index (κ2) is 3.78. The summed E-state index contributed by atoms with van der Waals surface area (Å²) in [5.41, 5.74) is -1.34. The number of nitrogens with zero attached hydrogens (tertiary/aromatic N) is 2. The average molecular weight is 287 g/mol. The van der Waals surface area contributed by atoms with E-state index in [4.69, 9.17) is 5.11 Å². The summed E-state index contributed by atoms with van der Waals surface area (Å²) in [6.45, 7) is 0.0240. The summed E-state index contributed by atoms with van der Waals surface area (Å²) in [7, 11) is -3.94. The summed E-state index contributed by atoms with van der Waals surface area (Å²) in [6.07, 6.45) is 2.78. The van der Waals surface area contributed by atoms with Crippen molar-refractivity contribution < 1.29 is 23.4 Å². The maximum absolute atomic E-state index is 12.2. The van der Waals surface area contributed by atoms with Gasteiger partial charge in [-0.05, 0) is 18.8 Å². The number of hydrogen-bond donors (Lipinski definition) is 3. The van der Waals surface area contributed by atoms with E-state index in [1.807, 2.05) is 0 Å². The number of sulfonamides is 1. The fraction of sp³-hybridized carbons (Fsp3) is 0.600. The van der Waals surface area contributed by atoms with E-state index in [1.165, 1.54) is 0 Å². The summed E-state index contributed by atoms with van der Waals surface area (Å²) in [5.74, 6) is -1.19.